The van der Waals surface area contributed by atoms with Gasteiger partial charge in [-0.3, -0.25) is 0 Å². The zero-order valence-corrected chi connectivity index (χ0v) is 5.39. The minimum absolute atomic E-state index is 0.533. The van der Waals surface area contributed by atoms with Gasteiger partial charge in [0.05, 0.1) is 11.9 Å². The topological polar surface area (TPSA) is 56.0 Å². The second-order valence-electron chi connectivity index (χ2n) is 1.98. The molecular formula is C5H5N5. The van der Waals surface area contributed by atoms with Gasteiger partial charge >= 0.3 is 0 Å². The van der Waals surface area contributed by atoms with Crippen molar-refractivity contribution in [3.05, 3.63) is 18.2 Å². The summed E-state index contributed by atoms with van der Waals surface area (Å²) in [6.07, 6.45) is 3.18. The first-order valence-electron chi connectivity index (χ1n) is 2.86. The largest absolute Gasteiger partial charge is 0.271 e. The second-order valence-corrected chi connectivity index (χ2v) is 1.98. The van der Waals surface area contributed by atoms with Gasteiger partial charge in [0, 0.05) is 0 Å². The SMILES string of the molecule is Cc1cnc2nncn2n1. The lowest BCUT2D eigenvalue weighted by molar-refractivity contribution is 0.865. The number of rotatable bonds is 0. The Morgan fingerprint density at radius 3 is 3.30 bits per heavy atom. The number of aryl methyl sites for hydroxylation is 1. The number of hydrogen-bond acceptors (Lipinski definition) is 4. The first kappa shape index (κ1) is 5.28. The molecule has 0 atom stereocenters. The van der Waals surface area contributed by atoms with E-state index in [1.54, 1.807) is 6.20 Å². The van der Waals surface area contributed by atoms with Gasteiger partial charge < -0.3 is 0 Å². The lowest BCUT2D eigenvalue weighted by Gasteiger charge is -1.89. The van der Waals surface area contributed by atoms with Crippen LogP contribution in [-0.2, 0) is 0 Å². The highest BCUT2D eigenvalue weighted by molar-refractivity contribution is 5.20. The van der Waals surface area contributed by atoms with Gasteiger partial charge in [0.1, 0.15) is 6.33 Å². The minimum Gasteiger partial charge on any atom is -0.216 e. The number of nitrogens with zero attached hydrogens (tertiary/aromatic N) is 5. The molecular weight excluding hydrogens is 130 g/mol. The van der Waals surface area contributed by atoms with E-state index in [1.165, 1.54) is 10.8 Å². The van der Waals surface area contributed by atoms with Gasteiger partial charge in [-0.1, -0.05) is 0 Å². The molecule has 0 aliphatic carbocycles. The third-order valence-corrected chi connectivity index (χ3v) is 1.15. The first-order chi connectivity index (χ1) is 4.86. The third kappa shape index (κ3) is 0.637. The summed E-state index contributed by atoms with van der Waals surface area (Å²) < 4.78 is 1.54. The summed E-state index contributed by atoms with van der Waals surface area (Å²) in [7, 11) is 0. The van der Waals surface area contributed by atoms with Crippen LogP contribution < -0.4 is 0 Å². The molecule has 2 heterocycles. The Bertz CT molecular complexity index is 352. The summed E-state index contributed by atoms with van der Waals surface area (Å²) in [6, 6.07) is 0. The predicted molar refractivity (Wildman–Crippen MR) is 33.3 cm³/mol. The fourth-order valence-electron chi connectivity index (χ4n) is 0.726. The molecule has 2 aromatic rings. The molecule has 2 aromatic heterocycles. The highest BCUT2D eigenvalue weighted by atomic mass is 15.4. The molecule has 0 amide bonds. The lowest BCUT2D eigenvalue weighted by atomic mass is 10.6. The van der Waals surface area contributed by atoms with E-state index in [9.17, 15) is 0 Å². The van der Waals surface area contributed by atoms with Gasteiger partial charge in [-0.05, 0) is 6.92 Å². The maximum atomic E-state index is 4.06. The Kier molecular flexibility index (Phi) is 0.913. The van der Waals surface area contributed by atoms with E-state index in [4.69, 9.17) is 0 Å². The van der Waals surface area contributed by atoms with E-state index in [0.717, 1.165) is 5.69 Å². The summed E-state index contributed by atoms with van der Waals surface area (Å²) in [5.41, 5.74) is 0.854. The van der Waals surface area contributed by atoms with Crippen molar-refractivity contribution < 1.29 is 0 Å². The molecule has 0 aliphatic heterocycles. The van der Waals surface area contributed by atoms with Crippen LogP contribution in [0.5, 0.6) is 0 Å². The maximum Gasteiger partial charge on any atom is 0.271 e. The van der Waals surface area contributed by atoms with Crippen LogP contribution in [0.1, 0.15) is 5.69 Å². The van der Waals surface area contributed by atoms with Crippen LogP contribution in [0.3, 0.4) is 0 Å². The zero-order valence-electron chi connectivity index (χ0n) is 5.39. The monoisotopic (exact) mass is 135 g/mol. The quantitative estimate of drug-likeness (QED) is 0.503. The average molecular weight is 135 g/mol. The van der Waals surface area contributed by atoms with Crippen LogP contribution in [0.15, 0.2) is 12.5 Å². The molecule has 0 fully saturated rings. The van der Waals surface area contributed by atoms with Crippen molar-refractivity contribution in [2.45, 2.75) is 6.92 Å². The number of fused-ring (bicyclic) bond motifs is 1. The van der Waals surface area contributed by atoms with Gasteiger partial charge in [0.25, 0.3) is 5.78 Å². The molecule has 10 heavy (non-hydrogen) atoms. The summed E-state index contributed by atoms with van der Waals surface area (Å²) in [4.78, 5) is 3.97. The second kappa shape index (κ2) is 1.73. The molecule has 2 rings (SSSR count). The lowest BCUT2D eigenvalue weighted by Crippen LogP contribution is -1.94. The van der Waals surface area contributed by atoms with Crippen molar-refractivity contribution in [2.75, 3.05) is 0 Å². The zero-order chi connectivity index (χ0) is 6.97. The van der Waals surface area contributed by atoms with Crippen molar-refractivity contribution >= 4 is 5.78 Å². The van der Waals surface area contributed by atoms with E-state index in [2.05, 4.69) is 20.3 Å². The molecule has 50 valence electrons. The summed E-state index contributed by atoms with van der Waals surface area (Å²) in [5.74, 6) is 0.533. The Hall–Kier alpha value is -1.52. The van der Waals surface area contributed by atoms with Crippen LogP contribution in [0.4, 0.5) is 0 Å². The van der Waals surface area contributed by atoms with Crippen LogP contribution in [0.25, 0.3) is 5.78 Å². The molecule has 0 spiro atoms. The Morgan fingerprint density at radius 1 is 1.50 bits per heavy atom. The van der Waals surface area contributed by atoms with Gasteiger partial charge in [0.2, 0.25) is 0 Å². The van der Waals surface area contributed by atoms with Crippen molar-refractivity contribution in [1.82, 2.24) is 24.8 Å². The summed E-state index contributed by atoms with van der Waals surface area (Å²) in [6.45, 7) is 1.87. The molecule has 0 aliphatic rings. The van der Waals surface area contributed by atoms with Gasteiger partial charge in [-0.15, -0.1) is 10.2 Å². The van der Waals surface area contributed by atoms with Crippen LogP contribution in [-0.4, -0.2) is 24.8 Å². The third-order valence-electron chi connectivity index (χ3n) is 1.15. The van der Waals surface area contributed by atoms with E-state index in [-0.39, 0.29) is 0 Å². The maximum absolute atomic E-state index is 4.06. The van der Waals surface area contributed by atoms with Crippen molar-refractivity contribution in [3.8, 4) is 0 Å². The van der Waals surface area contributed by atoms with Crippen LogP contribution in [0, 0.1) is 6.92 Å². The van der Waals surface area contributed by atoms with Crippen molar-refractivity contribution in [3.63, 3.8) is 0 Å². The molecule has 0 radical (unpaired) electrons. The summed E-state index contributed by atoms with van der Waals surface area (Å²) >= 11 is 0. The Morgan fingerprint density at radius 2 is 2.40 bits per heavy atom. The van der Waals surface area contributed by atoms with E-state index in [0.29, 0.717) is 5.78 Å². The molecule has 0 saturated heterocycles. The van der Waals surface area contributed by atoms with E-state index >= 15 is 0 Å². The van der Waals surface area contributed by atoms with Crippen molar-refractivity contribution in [1.29, 1.82) is 0 Å². The Labute approximate surface area is 56.7 Å². The fourth-order valence-corrected chi connectivity index (χ4v) is 0.726. The smallest absolute Gasteiger partial charge is 0.216 e. The van der Waals surface area contributed by atoms with E-state index < -0.39 is 0 Å². The van der Waals surface area contributed by atoms with Gasteiger partial charge in [-0.25, -0.2) is 4.98 Å². The van der Waals surface area contributed by atoms with Crippen molar-refractivity contribution in [2.24, 2.45) is 0 Å². The van der Waals surface area contributed by atoms with Gasteiger partial charge in [0.15, 0.2) is 0 Å². The molecule has 0 bridgehead atoms. The molecule has 5 nitrogen and oxygen atoms in total. The summed E-state index contributed by atoms with van der Waals surface area (Å²) in [5, 5.41) is 11.4. The highest BCUT2D eigenvalue weighted by Crippen LogP contribution is 1.90. The predicted octanol–water partition coefficient (Wildman–Crippen LogP) is -0.172. The van der Waals surface area contributed by atoms with Gasteiger partial charge in [-0.2, -0.15) is 9.61 Å². The average Bonchev–Trinajstić information content (AvgIpc) is 2.33. The molecule has 0 unspecified atom stereocenters. The number of hydrogen-bond donors (Lipinski definition) is 0. The standard InChI is InChI=1S/C5H5N5/c1-4-2-6-5-8-7-3-10(5)9-4/h2-3H,1H3. The van der Waals surface area contributed by atoms with E-state index in [1.807, 2.05) is 6.92 Å². The molecule has 0 saturated carbocycles. The highest BCUT2D eigenvalue weighted by Gasteiger charge is 1.94. The molecule has 5 heteroatoms. The normalized spacial score (nSPS) is 10.5. The number of aromatic nitrogens is 5. The molecule has 0 aromatic carbocycles. The minimum atomic E-state index is 0.533. The molecule has 0 N–H and O–H groups in total. The first-order valence-corrected chi connectivity index (χ1v) is 2.86. The fraction of sp³-hybridized carbons (Fsp3) is 0.200. The Balaban J connectivity index is 2.86. The van der Waals surface area contributed by atoms with Crippen LogP contribution in [0.2, 0.25) is 0 Å². The van der Waals surface area contributed by atoms with Crippen LogP contribution >= 0.6 is 0 Å².